The molecule has 0 N–H and O–H groups in total. The van der Waals surface area contributed by atoms with Crippen molar-refractivity contribution in [2.75, 3.05) is 4.90 Å². The molecule has 1 saturated heterocycles. The summed E-state index contributed by atoms with van der Waals surface area (Å²) in [5.74, 6) is -0.312. The molecule has 1 fully saturated rings. The highest BCUT2D eigenvalue weighted by atomic mass is 16.6. The molecular formula is C13H13NO3. The van der Waals surface area contributed by atoms with Crippen LogP contribution in [0, 0.1) is 6.92 Å². The van der Waals surface area contributed by atoms with Crippen LogP contribution >= 0.6 is 0 Å². The third kappa shape index (κ3) is 1.24. The van der Waals surface area contributed by atoms with E-state index in [4.69, 9.17) is 4.74 Å². The van der Waals surface area contributed by atoms with Crippen molar-refractivity contribution in [1.82, 2.24) is 0 Å². The van der Waals surface area contributed by atoms with Crippen LogP contribution in [0.2, 0.25) is 0 Å². The van der Waals surface area contributed by atoms with Gasteiger partial charge in [-0.3, -0.25) is 9.69 Å². The van der Waals surface area contributed by atoms with Gasteiger partial charge >= 0.3 is 5.97 Å². The molecule has 2 aliphatic rings. The van der Waals surface area contributed by atoms with Crippen molar-refractivity contribution >= 4 is 17.6 Å². The molecule has 4 nitrogen and oxygen atoms in total. The van der Waals surface area contributed by atoms with E-state index in [1.807, 2.05) is 13.0 Å². The average molecular weight is 231 g/mol. The van der Waals surface area contributed by atoms with E-state index in [2.05, 4.69) is 0 Å². The third-order valence-electron chi connectivity index (χ3n) is 3.52. The van der Waals surface area contributed by atoms with Gasteiger partial charge in [-0.15, -0.1) is 0 Å². The Kier molecular flexibility index (Phi) is 1.88. The maximum atomic E-state index is 12.0. The molecule has 0 radical (unpaired) electrons. The highest BCUT2D eigenvalue weighted by molar-refractivity contribution is 6.08. The fourth-order valence-corrected chi connectivity index (χ4v) is 2.66. The number of ether oxygens (including phenoxy) is 1. The Morgan fingerprint density at radius 1 is 1.35 bits per heavy atom. The number of amides is 1. The lowest BCUT2D eigenvalue weighted by atomic mass is 10.0. The summed E-state index contributed by atoms with van der Waals surface area (Å²) in [4.78, 5) is 25.5. The number of hydrogen-bond acceptors (Lipinski definition) is 3. The average Bonchev–Trinajstić information content (AvgIpc) is 2.56. The molecule has 17 heavy (non-hydrogen) atoms. The van der Waals surface area contributed by atoms with Crippen molar-refractivity contribution in [3.05, 3.63) is 29.3 Å². The van der Waals surface area contributed by atoms with E-state index in [1.54, 1.807) is 24.0 Å². The number of aryl methyl sites for hydroxylation is 1. The molecule has 0 spiro atoms. The first kappa shape index (κ1) is 10.3. The van der Waals surface area contributed by atoms with Crippen LogP contribution in [0.4, 0.5) is 5.69 Å². The Labute approximate surface area is 99.2 Å². The zero-order valence-electron chi connectivity index (χ0n) is 9.82. The summed E-state index contributed by atoms with van der Waals surface area (Å²) in [6.45, 7) is 3.70. The Morgan fingerprint density at radius 2 is 2.12 bits per heavy atom. The molecule has 0 aliphatic carbocycles. The maximum absolute atomic E-state index is 12.0. The van der Waals surface area contributed by atoms with Gasteiger partial charge in [0.2, 0.25) is 5.91 Å². The molecule has 1 aromatic carbocycles. The number of para-hydroxylation sites is 1. The first-order chi connectivity index (χ1) is 8.03. The Hall–Kier alpha value is -1.84. The Morgan fingerprint density at radius 3 is 2.88 bits per heavy atom. The van der Waals surface area contributed by atoms with Gasteiger partial charge in [0.05, 0.1) is 11.3 Å². The summed E-state index contributed by atoms with van der Waals surface area (Å²) in [7, 11) is 0. The highest BCUT2D eigenvalue weighted by Crippen LogP contribution is 2.43. The molecule has 1 atom stereocenters. The van der Waals surface area contributed by atoms with Crippen LogP contribution in [0.3, 0.4) is 0 Å². The van der Waals surface area contributed by atoms with Gasteiger partial charge in [-0.2, -0.15) is 0 Å². The summed E-state index contributed by atoms with van der Waals surface area (Å²) in [5, 5.41) is 0. The van der Waals surface area contributed by atoms with E-state index in [0.717, 1.165) is 5.56 Å². The van der Waals surface area contributed by atoms with Crippen LogP contribution in [0.25, 0.3) is 0 Å². The first-order valence-electron chi connectivity index (χ1n) is 5.69. The van der Waals surface area contributed by atoms with Gasteiger partial charge in [0, 0.05) is 12.8 Å². The molecule has 88 valence electrons. The standard InChI is InChI=1S/C13H13NO3/c1-8-4-3-5-9-11(8)14-10(15)6-7-13(14,2)17-12(9)16/h3-5H,6-7H2,1-2H3/t13-/m0/s1. The molecular weight excluding hydrogens is 218 g/mol. The lowest BCUT2D eigenvalue weighted by Gasteiger charge is -2.40. The maximum Gasteiger partial charge on any atom is 0.342 e. The second-order valence-corrected chi connectivity index (χ2v) is 4.76. The minimum atomic E-state index is -0.798. The van der Waals surface area contributed by atoms with Crippen LogP contribution in [0.15, 0.2) is 18.2 Å². The fraction of sp³-hybridized carbons (Fsp3) is 0.385. The van der Waals surface area contributed by atoms with Gasteiger partial charge in [-0.25, -0.2) is 4.79 Å². The molecule has 4 heteroatoms. The van der Waals surface area contributed by atoms with Crippen molar-refractivity contribution < 1.29 is 14.3 Å². The molecule has 0 bridgehead atoms. The minimum absolute atomic E-state index is 0.0237. The van der Waals surface area contributed by atoms with Crippen molar-refractivity contribution in [2.24, 2.45) is 0 Å². The van der Waals surface area contributed by atoms with E-state index >= 15 is 0 Å². The largest absolute Gasteiger partial charge is 0.435 e. The minimum Gasteiger partial charge on any atom is -0.435 e. The molecule has 1 aromatic rings. The quantitative estimate of drug-likeness (QED) is 0.642. The number of carbonyl (C=O) groups excluding carboxylic acids is 2. The zero-order valence-corrected chi connectivity index (χ0v) is 9.82. The van der Waals surface area contributed by atoms with E-state index < -0.39 is 5.72 Å². The number of hydrogen-bond donors (Lipinski definition) is 0. The second kappa shape index (κ2) is 3.09. The van der Waals surface area contributed by atoms with Gasteiger partial charge in [-0.05, 0) is 25.5 Å². The number of nitrogens with zero attached hydrogens (tertiary/aromatic N) is 1. The summed E-state index contributed by atoms with van der Waals surface area (Å²) < 4.78 is 5.42. The van der Waals surface area contributed by atoms with E-state index in [1.165, 1.54) is 0 Å². The molecule has 0 saturated carbocycles. The molecule has 3 rings (SSSR count). The summed E-state index contributed by atoms with van der Waals surface area (Å²) in [5.41, 5.74) is 1.33. The van der Waals surface area contributed by atoms with Crippen LogP contribution in [0.1, 0.15) is 35.7 Å². The number of anilines is 1. The van der Waals surface area contributed by atoms with Crippen LogP contribution in [0.5, 0.6) is 0 Å². The fourth-order valence-electron chi connectivity index (χ4n) is 2.66. The van der Waals surface area contributed by atoms with Crippen molar-refractivity contribution in [3.8, 4) is 0 Å². The number of fused-ring (bicyclic) bond motifs is 3. The summed E-state index contributed by atoms with van der Waals surface area (Å²) in [6.07, 6.45) is 0.989. The topological polar surface area (TPSA) is 46.6 Å². The van der Waals surface area contributed by atoms with Gasteiger partial charge in [0.15, 0.2) is 5.72 Å². The lowest BCUT2D eigenvalue weighted by Crippen LogP contribution is -2.51. The van der Waals surface area contributed by atoms with E-state index in [9.17, 15) is 9.59 Å². The van der Waals surface area contributed by atoms with Crippen LogP contribution < -0.4 is 4.90 Å². The molecule has 0 aromatic heterocycles. The lowest BCUT2D eigenvalue weighted by molar-refractivity contribution is -0.118. The van der Waals surface area contributed by atoms with Crippen molar-refractivity contribution in [2.45, 2.75) is 32.4 Å². The number of benzene rings is 1. The Balaban J connectivity index is 2.28. The monoisotopic (exact) mass is 231 g/mol. The zero-order chi connectivity index (χ0) is 12.2. The summed E-state index contributed by atoms with van der Waals surface area (Å²) in [6, 6.07) is 5.41. The smallest absolute Gasteiger partial charge is 0.342 e. The first-order valence-corrected chi connectivity index (χ1v) is 5.69. The number of rotatable bonds is 0. The SMILES string of the molecule is Cc1cccc2c1N1C(=O)CC[C@]1(C)OC2=O. The van der Waals surface area contributed by atoms with Gasteiger partial charge < -0.3 is 4.74 Å². The predicted molar refractivity (Wildman–Crippen MR) is 61.7 cm³/mol. The molecule has 1 amide bonds. The van der Waals surface area contributed by atoms with E-state index in [-0.39, 0.29) is 11.9 Å². The van der Waals surface area contributed by atoms with Gasteiger partial charge in [0.25, 0.3) is 0 Å². The van der Waals surface area contributed by atoms with E-state index in [0.29, 0.717) is 24.1 Å². The summed E-state index contributed by atoms with van der Waals surface area (Å²) >= 11 is 0. The van der Waals surface area contributed by atoms with Gasteiger partial charge in [0.1, 0.15) is 0 Å². The molecule has 2 heterocycles. The second-order valence-electron chi connectivity index (χ2n) is 4.76. The third-order valence-corrected chi connectivity index (χ3v) is 3.52. The Bertz CT molecular complexity index is 537. The van der Waals surface area contributed by atoms with Crippen LogP contribution in [-0.2, 0) is 9.53 Å². The molecule has 2 aliphatic heterocycles. The van der Waals surface area contributed by atoms with Crippen LogP contribution in [-0.4, -0.2) is 17.6 Å². The normalized spacial score (nSPS) is 26.6. The van der Waals surface area contributed by atoms with Crippen molar-refractivity contribution in [1.29, 1.82) is 0 Å². The number of esters is 1. The van der Waals surface area contributed by atoms with Gasteiger partial charge in [-0.1, -0.05) is 12.1 Å². The molecule has 0 unspecified atom stereocenters. The van der Waals surface area contributed by atoms with Crippen molar-refractivity contribution in [3.63, 3.8) is 0 Å². The highest BCUT2D eigenvalue weighted by Gasteiger charge is 2.50. The number of carbonyl (C=O) groups is 2. The predicted octanol–water partition coefficient (Wildman–Crippen LogP) is 2.01.